The van der Waals surface area contributed by atoms with E-state index < -0.39 is 0 Å². The smallest absolute Gasteiger partial charge is 0.0995 e. The molecule has 0 spiro atoms. The van der Waals surface area contributed by atoms with E-state index in [1.165, 1.54) is 0 Å². The van der Waals surface area contributed by atoms with Gasteiger partial charge in [0.2, 0.25) is 0 Å². The Hall–Kier alpha value is -0.410. The molecule has 70 valence electrons. The molecule has 0 amide bonds. The van der Waals surface area contributed by atoms with E-state index in [1.807, 2.05) is 19.1 Å². The molecule has 1 saturated heterocycles. The summed E-state index contributed by atoms with van der Waals surface area (Å²) in [5.41, 5.74) is 2.10. The third-order valence-electron chi connectivity index (χ3n) is 2.30. The number of pyridine rings is 1. The van der Waals surface area contributed by atoms with Crippen molar-refractivity contribution in [3.05, 3.63) is 28.0 Å². The third kappa shape index (κ3) is 1.92. The SMILES string of the molecule is Cc1nc(C2CCCO2)ccc1Br. The van der Waals surface area contributed by atoms with Crippen molar-refractivity contribution < 1.29 is 4.74 Å². The van der Waals surface area contributed by atoms with Crippen molar-refractivity contribution in [1.82, 2.24) is 4.98 Å². The van der Waals surface area contributed by atoms with Crippen LogP contribution in [0.4, 0.5) is 0 Å². The number of hydrogen-bond acceptors (Lipinski definition) is 2. The molecular formula is C10H12BrNO. The molecular weight excluding hydrogens is 230 g/mol. The highest BCUT2D eigenvalue weighted by molar-refractivity contribution is 9.10. The Kier molecular flexibility index (Phi) is 2.65. The van der Waals surface area contributed by atoms with Gasteiger partial charge in [-0.1, -0.05) is 0 Å². The Bertz CT molecular complexity index is 308. The maximum Gasteiger partial charge on any atom is 0.0995 e. The monoisotopic (exact) mass is 241 g/mol. The van der Waals surface area contributed by atoms with Gasteiger partial charge in [0, 0.05) is 11.1 Å². The lowest BCUT2D eigenvalue weighted by atomic mass is 10.1. The summed E-state index contributed by atoms with van der Waals surface area (Å²) in [7, 11) is 0. The maximum absolute atomic E-state index is 5.56. The first kappa shape index (κ1) is 9.16. The molecule has 0 N–H and O–H groups in total. The van der Waals surface area contributed by atoms with Crippen molar-refractivity contribution in [3.63, 3.8) is 0 Å². The first-order chi connectivity index (χ1) is 6.27. The number of ether oxygens (including phenoxy) is 1. The van der Waals surface area contributed by atoms with Crippen LogP contribution in [0.5, 0.6) is 0 Å². The van der Waals surface area contributed by atoms with Crippen molar-refractivity contribution in [1.29, 1.82) is 0 Å². The molecule has 1 unspecified atom stereocenters. The molecule has 0 aliphatic carbocycles. The van der Waals surface area contributed by atoms with E-state index in [0.29, 0.717) is 0 Å². The summed E-state index contributed by atoms with van der Waals surface area (Å²) in [4.78, 5) is 4.48. The molecule has 0 saturated carbocycles. The molecule has 0 bridgehead atoms. The first-order valence-electron chi connectivity index (χ1n) is 4.52. The van der Waals surface area contributed by atoms with E-state index in [4.69, 9.17) is 4.74 Å². The van der Waals surface area contributed by atoms with Crippen LogP contribution in [-0.4, -0.2) is 11.6 Å². The average Bonchev–Trinajstić information content (AvgIpc) is 2.62. The van der Waals surface area contributed by atoms with Gasteiger partial charge in [-0.05, 0) is 47.8 Å². The number of nitrogens with zero attached hydrogens (tertiary/aromatic N) is 1. The minimum atomic E-state index is 0.229. The van der Waals surface area contributed by atoms with Gasteiger partial charge in [0.1, 0.15) is 0 Å². The van der Waals surface area contributed by atoms with Gasteiger partial charge >= 0.3 is 0 Å². The minimum Gasteiger partial charge on any atom is -0.372 e. The fourth-order valence-electron chi connectivity index (χ4n) is 1.55. The second-order valence-corrected chi connectivity index (χ2v) is 4.16. The Labute approximate surface area is 86.5 Å². The molecule has 1 atom stereocenters. The number of aryl methyl sites for hydroxylation is 1. The molecule has 1 aromatic rings. The van der Waals surface area contributed by atoms with Crippen LogP contribution in [0, 0.1) is 6.92 Å². The summed E-state index contributed by atoms with van der Waals surface area (Å²) in [5.74, 6) is 0. The van der Waals surface area contributed by atoms with Crippen LogP contribution in [0.15, 0.2) is 16.6 Å². The summed E-state index contributed by atoms with van der Waals surface area (Å²) >= 11 is 3.43. The quantitative estimate of drug-likeness (QED) is 0.755. The molecule has 2 heterocycles. The molecule has 1 aliphatic heterocycles. The van der Waals surface area contributed by atoms with Gasteiger partial charge in [-0.3, -0.25) is 4.98 Å². The Balaban J connectivity index is 2.25. The molecule has 0 aromatic carbocycles. The fourth-order valence-corrected chi connectivity index (χ4v) is 1.77. The zero-order valence-electron chi connectivity index (χ0n) is 7.59. The predicted molar refractivity (Wildman–Crippen MR) is 54.6 cm³/mol. The van der Waals surface area contributed by atoms with Crippen molar-refractivity contribution in [2.45, 2.75) is 25.9 Å². The zero-order chi connectivity index (χ0) is 9.26. The van der Waals surface area contributed by atoms with E-state index in [1.54, 1.807) is 0 Å². The van der Waals surface area contributed by atoms with Crippen LogP contribution in [0.25, 0.3) is 0 Å². The normalized spacial score (nSPS) is 22.2. The topological polar surface area (TPSA) is 22.1 Å². The molecule has 3 heteroatoms. The highest BCUT2D eigenvalue weighted by Crippen LogP contribution is 2.28. The van der Waals surface area contributed by atoms with Gasteiger partial charge in [-0.25, -0.2) is 0 Å². The van der Waals surface area contributed by atoms with Gasteiger partial charge < -0.3 is 4.74 Å². The Morgan fingerprint density at radius 2 is 2.38 bits per heavy atom. The molecule has 0 radical (unpaired) electrons. The summed E-state index contributed by atoms with van der Waals surface area (Å²) in [6.07, 6.45) is 2.49. The molecule has 1 aromatic heterocycles. The lowest BCUT2D eigenvalue weighted by Gasteiger charge is -2.09. The van der Waals surface area contributed by atoms with Crippen LogP contribution >= 0.6 is 15.9 Å². The van der Waals surface area contributed by atoms with E-state index in [-0.39, 0.29) is 6.10 Å². The molecule has 13 heavy (non-hydrogen) atoms. The number of rotatable bonds is 1. The van der Waals surface area contributed by atoms with Gasteiger partial charge in [0.05, 0.1) is 17.5 Å². The van der Waals surface area contributed by atoms with Crippen LogP contribution in [0.3, 0.4) is 0 Å². The summed E-state index contributed by atoms with van der Waals surface area (Å²) < 4.78 is 6.62. The summed E-state index contributed by atoms with van der Waals surface area (Å²) in [5, 5.41) is 0. The first-order valence-corrected chi connectivity index (χ1v) is 5.31. The maximum atomic E-state index is 5.56. The molecule has 2 rings (SSSR count). The summed E-state index contributed by atoms with van der Waals surface area (Å²) in [6.45, 7) is 2.88. The minimum absolute atomic E-state index is 0.229. The number of hydrogen-bond donors (Lipinski definition) is 0. The average molecular weight is 242 g/mol. The second kappa shape index (κ2) is 3.76. The van der Waals surface area contributed by atoms with Gasteiger partial charge in [-0.15, -0.1) is 0 Å². The van der Waals surface area contributed by atoms with Crippen molar-refractivity contribution in [2.75, 3.05) is 6.61 Å². The molecule has 2 nitrogen and oxygen atoms in total. The van der Waals surface area contributed by atoms with Gasteiger partial charge in [0.25, 0.3) is 0 Å². The lowest BCUT2D eigenvalue weighted by molar-refractivity contribution is 0.108. The fraction of sp³-hybridized carbons (Fsp3) is 0.500. The largest absolute Gasteiger partial charge is 0.372 e. The lowest BCUT2D eigenvalue weighted by Crippen LogP contribution is -2.00. The highest BCUT2D eigenvalue weighted by Gasteiger charge is 2.18. The molecule has 1 fully saturated rings. The van der Waals surface area contributed by atoms with Gasteiger partial charge in [-0.2, -0.15) is 0 Å². The van der Waals surface area contributed by atoms with E-state index in [9.17, 15) is 0 Å². The standard InChI is InChI=1S/C10H12BrNO/c1-7-8(11)4-5-9(12-7)10-3-2-6-13-10/h4-5,10H,2-3,6H2,1H3. The van der Waals surface area contributed by atoms with Crippen LogP contribution < -0.4 is 0 Å². The number of aromatic nitrogens is 1. The van der Waals surface area contributed by atoms with Crippen LogP contribution in [0.1, 0.15) is 30.3 Å². The second-order valence-electron chi connectivity index (χ2n) is 3.31. The van der Waals surface area contributed by atoms with Crippen LogP contribution in [0.2, 0.25) is 0 Å². The highest BCUT2D eigenvalue weighted by atomic mass is 79.9. The van der Waals surface area contributed by atoms with E-state index in [0.717, 1.165) is 35.3 Å². The predicted octanol–water partition coefficient (Wildman–Crippen LogP) is 3.00. The van der Waals surface area contributed by atoms with E-state index in [2.05, 4.69) is 20.9 Å². The van der Waals surface area contributed by atoms with Crippen molar-refractivity contribution in [2.24, 2.45) is 0 Å². The van der Waals surface area contributed by atoms with Crippen LogP contribution in [-0.2, 0) is 4.74 Å². The number of halogens is 1. The zero-order valence-corrected chi connectivity index (χ0v) is 9.17. The van der Waals surface area contributed by atoms with Gasteiger partial charge in [0.15, 0.2) is 0 Å². The summed E-state index contributed by atoms with van der Waals surface area (Å²) in [6, 6.07) is 4.08. The van der Waals surface area contributed by atoms with Crippen molar-refractivity contribution >= 4 is 15.9 Å². The third-order valence-corrected chi connectivity index (χ3v) is 3.14. The van der Waals surface area contributed by atoms with Crippen molar-refractivity contribution in [3.8, 4) is 0 Å². The van der Waals surface area contributed by atoms with E-state index >= 15 is 0 Å². The Morgan fingerprint density at radius 1 is 1.54 bits per heavy atom. The molecule has 1 aliphatic rings. The Morgan fingerprint density at radius 3 is 3.00 bits per heavy atom.